The average molecular weight is 169 g/mol. The Balaban J connectivity index is 2.43. The molecule has 11 heavy (non-hydrogen) atoms. The van der Waals surface area contributed by atoms with Crippen LogP contribution in [0.5, 0.6) is 0 Å². The molecule has 0 bridgehead atoms. The Morgan fingerprint density at radius 2 is 2.73 bits per heavy atom. The molecule has 1 aliphatic rings. The lowest BCUT2D eigenvalue weighted by Crippen LogP contribution is -2.09. The van der Waals surface area contributed by atoms with E-state index in [4.69, 9.17) is 10.00 Å². The smallest absolute Gasteiger partial charge is 0.0989 e. The van der Waals surface area contributed by atoms with Gasteiger partial charge in [-0.15, -0.1) is 11.8 Å². The zero-order chi connectivity index (χ0) is 8.10. The summed E-state index contributed by atoms with van der Waals surface area (Å²) < 4.78 is 5.31. The van der Waals surface area contributed by atoms with Gasteiger partial charge >= 0.3 is 0 Å². The van der Waals surface area contributed by atoms with Crippen molar-refractivity contribution in [2.75, 3.05) is 12.4 Å². The van der Waals surface area contributed by atoms with Gasteiger partial charge in [0.25, 0.3) is 0 Å². The summed E-state index contributed by atoms with van der Waals surface area (Å²) in [6.07, 6.45) is 2.83. The maximum absolute atomic E-state index is 8.62. The first-order chi connectivity index (χ1) is 5.36. The monoisotopic (exact) mass is 169 g/mol. The second-order valence-corrected chi connectivity index (χ2v) is 3.49. The van der Waals surface area contributed by atoms with Crippen LogP contribution < -0.4 is 0 Å². The molecule has 0 saturated heterocycles. The van der Waals surface area contributed by atoms with Crippen LogP contribution >= 0.6 is 11.8 Å². The molecular weight excluding hydrogens is 158 g/mol. The van der Waals surface area contributed by atoms with Gasteiger partial charge in [0.15, 0.2) is 0 Å². The minimum Gasteiger partial charge on any atom is -0.498 e. The Morgan fingerprint density at radius 3 is 3.36 bits per heavy atom. The van der Waals surface area contributed by atoms with E-state index < -0.39 is 0 Å². The fraction of sp³-hybridized carbons (Fsp3) is 0.625. The summed E-state index contributed by atoms with van der Waals surface area (Å²) in [4.78, 5) is 0. The van der Waals surface area contributed by atoms with E-state index in [-0.39, 0.29) is 5.25 Å². The molecule has 60 valence electrons. The lowest BCUT2D eigenvalue weighted by Gasteiger charge is -2.16. The second kappa shape index (κ2) is 4.30. The Hall–Kier alpha value is -0.620. The summed E-state index contributed by atoms with van der Waals surface area (Å²) in [6, 6.07) is 2.23. The van der Waals surface area contributed by atoms with E-state index in [0.29, 0.717) is 6.61 Å². The molecule has 0 aromatic carbocycles. The topological polar surface area (TPSA) is 33.0 Å². The third-order valence-corrected chi connectivity index (χ3v) is 2.50. The molecule has 0 saturated carbocycles. The van der Waals surface area contributed by atoms with Gasteiger partial charge in [-0.05, 0) is 13.0 Å². The highest BCUT2D eigenvalue weighted by Gasteiger charge is 2.15. The van der Waals surface area contributed by atoms with E-state index in [0.717, 1.165) is 17.9 Å². The second-order valence-electron chi connectivity index (χ2n) is 2.26. The molecule has 1 unspecified atom stereocenters. The van der Waals surface area contributed by atoms with Crippen molar-refractivity contribution in [3.8, 4) is 6.07 Å². The predicted molar refractivity (Wildman–Crippen MR) is 46.2 cm³/mol. The first-order valence-corrected chi connectivity index (χ1v) is 4.74. The van der Waals surface area contributed by atoms with Crippen molar-refractivity contribution in [3.05, 3.63) is 11.8 Å². The van der Waals surface area contributed by atoms with Gasteiger partial charge in [0.05, 0.1) is 23.7 Å². The number of thioether (sulfide) groups is 1. The van der Waals surface area contributed by atoms with Gasteiger partial charge in [0, 0.05) is 12.2 Å². The van der Waals surface area contributed by atoms with Crippen molar-refractivity contribution in [2.24, 2.45) is 0 Å². The fourth-order valence-corrected chi connectivity index (χ4v) is 1.84. The molecule has 0 aliphatic carbocycles. The number of hydrogen-bond donors (Lipinski definition) is 0. The molecule has 0 aromatic heterocycles. The minimum absolute atomic E-state index is 0.0987. The van der Waals surface area contributed by atoms with Crippen LogP contribution in [0.2, 0.25) is 0 Å². The van der Waals surface area contributed by atoms with Crippen LogP contribution in [-0.4, -0.2) is 17.6 Å². The SMILES string of the molecule is CCOC1=CCSC(C#N)C1. The predicted octanol–water partition coefficient (Wildman–Crippen LogP) is 1.94. The molecule has 1 heterocycles. The third-order valence-electron chi connectivity index (χ3n) is 1.47. The Bertz CT molecular complexity index is 195. The summed E-state index contributed by atoms with van der Waals surface area (Å²) in [7, 11) is 0. The Labute approximate surface area is 71.2 Å². The summed E-state index contributed by atoms with van der Waals surface area (Å²) in [5, 5.41) is 8.72. The van der Waals surface area contributed by atoms with Crippen LogP contribution in [0, 0.1) is 11.3 Å². The van der Waals surface area contributed by atoms with Crippen LogP contribution in [0.1, 0.15) is 13.3 Å². The first kappa shape index (κ1) is 8.48. The van der Waals surface area contributed by atoms with Crippen molar-refractivity contribution in [3.63, 3.8) is 0 Å². The molecule has 1 aliphatic heterocycles. The number of nitriles is 1. The van der Waals surface area contributed by atoms with Crippen molar-refractivity contribution >= 4 is 11.8 Å². The van der Waals surface area contributed by atoms with E-state index >= 15 is 0 Å². The first-order valence-electron chi connectivity index (χ1n) is 3.70. The molecule has 0 fully saturated rings. The van der Waals surface area contributed by atoms with Crippen molar-refractivity contribution < 1.29 is 4.74 Å². The molecule has 1 rings (SSSR count). The highest BCUT2D eigenvalue weighted by molar-refractivity contribution is 8.00. The van der Waals surface area contributed by atoms with Gasteiger partial charge in [-0.3, -0.25) is 0 Å². The molecule has 0 aromatic rings. The molecule has 3 heteroatoms. The molecule has 0 N–H and O–H groups in total. The van der Waals surface area contributed by atoms with Crippen molar-refractivity contribution in [1.82, 2.24) is 0 Å². The molecule has 0 amide bonds. The number of hydrogen-bond acceptors (Lipinski definition) is 3. The lowest BCUT2D eigenvalue weighted by atomic mass is 10.2. The zero-order valence-electron chi connectivity index (χ0n) is 6.54. The van der Waals surface area contributed by atoms with Gasteiger partial charge in [-0.1, -0.05) is 0 Å². The van der Waals surface area contributed by atoms with Gasteiger partial charge in [-0.2, -0.15) is 5.26 Å². The number of allylic oxidation sites excluding steroid dienone is 1. The highest BCUT2D eigenvalue weighted by Crippen LogP contribution is 2.24. The molecule has 0 spiro atoms. The summed E-state index contributed by atoms with van der Waals surface area (Å²) in [6.45, 7) is 2.67. The van der Waals surface area contributed by atoms with Crippen LogP contribution in [0.25, 0.3) is 0 Å². The number of nitrogens with zero attached hydrogens (tertiary/aromatic N) is 1. The van der Waals surface area contributed by atoms with Crippen molar-refractivity contribution in [2.45, 2.75) is 18.6 Å². The van der Waals surface area contributed by atoms with Crippen LogP contribution in [0.3, 0.4) is 0 Å². The summed E-state index contributed by atoms with van der Waals surface area (Å²) in [5.74, 6) is 1.89. The third kappa shape index (κ3) is 2.47. The standard InChI is InChI=1S/C8H11NOS/c1-2-10-7-3-4-11-8(5-7)6-9/h3,8H,2,4-5H2,1H3. The maximum Gasteiger partial charge on any atom is 0.0989 e. The number of ether oxygens (including phenoxy) is 1. The molecule has 1 atom stereocenters. The highest BCUT2D eigenvalue weighted by atomic mass is 32.2. The summed E-state index contributed by atoms with van der Waals surface area (Å²) >= 11 is 1.68. The van der Waals surface area contributed by atoms with Gasteiger partial charge in [0.1, 0.15) is 0 Å². The van der Waals surface area contributed by atoms with Gasteiger partial charge in [-0.25, -0.2) is 0 Å². The summed E-state index contributed by atoms with van der Waals surface area (Å²) in [5.41, 5.74) is 0. The lowest BCUT2D eigenvalue weighted by molar-refractivity contribution is 0.218. The van der Waals surface area contributed by atoms with Gasteiger partial charge < -0.3 is 4.74 Å². The van der Waals surface area contributed by atoms with E-state index in [2.05, 4.69) is 12.1 Å². The van der Waals surface area contributed by atoms with Crippen LogP contribution in [-0.2, 0) is 4.74 Å². The minimum atomic E-state index is 0.0987. The Morgan fingerprint density at radius 1 is 1.91 bits per heavy atom. The zero-order valence-corrected chi connectivity index (χ0v) is 7.36. The van der Waals surface area contributed by atoms with Gasteiger partial charge in [0.2, 0.25) is 0 Å². The van der Waals surface area contributed by atoms with E-state index in [1.165, 1.54) is 0 Å². The van der Waals surface area contributed by atoms with Crippen molar-refractivity contribution in [1.29, 1.82) is 5.26 Å². The quantitative estimate of drug-likeness (QED) is 0.633. The fourth-order valence-electron chi connectivity index (χ4n) is 0.968. The van der Waals surface area contributed by atoms with E-state index in [1.54, 1.807) is 11.8 Å². The Kier molecular flexibility index (Phi) is 3.31. The average Bonchev–Trinajstić information content (AvgIpc) is 2.06. The number of rotatable bonds is 2. The molecule has 2 nitrogen and oxygen atoms in total. The van der Waals surface area contributed by atoms with Crippen LogP contribution in [0.15, 0.2) is 11.8 Å². The largest absolute Gasteiger partial charge is 0.498 e. The molecule has 0 radical (unpaired) electrons. The van der Waals surface area contributed by atoms with Crippen LogP contribution in [0.4, 0.5) is 0 Å². The maximum atomic E-state index is 8.62. The molecular formula is C8H11NOS. The van der Waals surface area contributed by atoms with E-state index in [1.807, 2.05) is 6.92 Å². The van der Waals surface area contributed by atoms with E-state index in [9.17, 15) is 0 Å². The normalized spacial score (nSPS) is 23.6.